The minimum absolute atomic E-state index is 0.805. The SMILES string of the molecule is C[C@@]12C=C[C@@H](O1)[C@]1(C(=O)O)[C@@]2(C(=O)O)[C@H]2C=C[C@]1(C)O2. The number of hydrogen-bond acceptors (Lipinski definition) is 4. The normalized spacial score (nSPS) is 57.3. The van der Waals surface area contributed by atoms with Gasteiger partial charge in [0.1, 0.15) is 11.2 Å². The maximum absolute atomic E-state index is 12.2. The van der Waals surface area contributed by atoms with Crippen LogP contribution in [0.3, 0.4) is 0 Å². The first kappa shape index (κ1) is 12.1. The number of hydrogen-bond donors (Lipinski definition) is 2. The second kappa shape index (κ2) is 2.84. The summed E-state index contributed by atoms with van der Waals surface area (Å²) >= 11 is 0. The number of carboxylic acid groups (broad SMARTS) is 2. The monoisotopic (exact) mass is 278 g/mol. The molecular weight excluding hydrogens is 264 g/mol. The number of rotatable bonds is 2. The van der Waals surface area contributed by atoms with E-state index in [4.69, 9.17) is 9.47 Å². The van der Waals surface area contributed by atoms with Gasteiger partial charge in [-0.25, -0.2) is 0 Å². The van der Waals surface area contributed by atoms with Crippen molar-refractivity contribution in [1.82, 2.24) is 0 Å². The Hall–Kier alpha value is -1.66. The van der Waals surface area contributed by atoms with Crippen molar-refractivity contribution in [1.29, 1.82) is 0 Å². The van der Waals surface area contributed by atoms with E-state index in [2.05, 4.69) is 0 Å². The Balaban J connectivity index is 2.15. The Morgan fingerprint density at radius 1 is 0.900 bits per heavy atom. The van der Waals surface area contributed by atoms with E-state index in [1.54, 1.807) is 38.2 Å². The third-order valence-corrected chi connectivity index (χ3v) is 5.64. The lowest BCUT2D eigenvalue weighted by Gasteiger charge is -2.47. The Labute approximate surface area is 114 Å². The topological polar surface area (TPSA) is 93.1 Å². The van der Waals surface area contributed by atoms with E-state index in [9.17, 15) is 19.8 Å². The average Bonchev–Trinajstić information content (AvgIpc) is 3.01. The zero-order chi connectivity index (χ0) is 14.6. The third-order valence-electron chi connectivity index (χ3n) is 5.64. The van der Waals surface area contributed by atoms with Crippen LogP contribution in [0.5, 0.6) is 0 Å². The van der Waals surface area contributed by atoms with Gasteiger partial charge in [0, 0.05) is 0 Å². The van der Waals surface area contributed by atoms with Crippen LogP contribution in [0.4, 0.5) is 0 Å². The highest BCUT2D eigenvalue weighted by Gasteiger charge is 2.91. The molecule has 2 fully saturated rings. The van der Waals surface area contributed by atoms with Gasteiger partial charge in [0.05, 0.1) is 12.2 Å². The minimum Gasteiger partial charge on any atom is -0.481 e. The van der Waals surface area contributed by atoms with Gasteiger partial charge in [-0.15, -0.1) is 0 Å². The van der Waals surface area contributed by atoms with Crippen LogP contribution in [0.15, 0.2) is 24.3 Å². The van der Waals surface area contributed by atoms with Crippen molar-refractivity contribution >= 4 is 11.9 Å². The van der Waals surface area contributed by atoms with E-state index in [1.807, 2.05) is 0 Å². The molecule has 2 N–H and O–H groups in total. The minimum atomic E-state index is -1.64. The van der Waals surface area contributed by atoms with Gasteiger partial charge in [-0.05, 0) is 13.8 Å². The molecule has 6 heteroatoms. The fourth-order valence-electron chi connectivity index (χ4n) is 4.94. The number of ether oxygens (including phenoxy) is 2. The molecule has 106 valence electrons. The molecule has 0 aromatic rings. The molecule has 4 aliphatic rings. The van der Waals surface area contributed by atoms with Crippen LogP contribution in [0.1, 0.15) is 13.8 Å². The highest BCUT2D eigenvalue weighted by atomic mass is 16.6. The molecule has 0 unspecified atom stereocenters. The number of fused-ring (bicyclic) bond motifs is 9. The molecule has 0 aliphatic carbocycles. The molecule has 2 saturated heterocycles. The van der Waals surface area contributed by atoms with Crippen LogP contribution in [-0.4, -0.2) is 45.6 Å². The van der Waals surface area contributed by atoms with Gasteiger partial charge in [-0.1, -0.05) is 24.3 Å². The first-order valence-electron chi connectivity index (χ1n) is 6.47. The summed E-state index contributed by atoms with van der Waals surface area (Å²) < 4.78 is 11.6. The van der Waals surface area contributed by atoms with Gasteiger partial charge in [0.25, 0.3) is 0 Å². The molecule has 6 nitrogen and oxygen atoms in total. The summed E-state index contributed by atoms with van der Waals surface area (Å²) in [6.45, 7) is 3.26. The third kappa shape index (κ3) is 0.756. The fraction of sp³-hybridized carbons (Fsp3) is 0.571. The van der Waals surface area contributed by atoms with Gasteiger partial charge in [0.2, 0.25) is 0 Å². The summed E-state index contributed by atoms with van der Waals surface area (Å²) in [5, 5.41) is 19.8. The molecule has 0 amide bonds. The zero-order valence-corrected chi connectivity index (χ0v) is 11.0. The van der Waals surface area contributed by atoms with E-state index in [1.165, 1.54) is 0 Å². The van der Waals surface area contributed by atoms with E-state index in [0.29, 0.717) is 0 Å². The molecule has 0 spiro atoms. The maximum Gasteiger partial charge on any atom is 0.317 e. The van der Waals surface area contributed by atoms with Crippen LogP contribution >= 0.6 is 0 Å². The number of carboxylic acids is 2. The van der Waals surface area contributed by atoms with E-state index in [0.717, 1.165) is 0 Å². The van der Waals surface area contributed by atoms with Crippen molar-refractivity contribution in [2.75, 3.05) is 0 Å². The largest absolute Gasteiger partial charge is 0.481 e. The van der Waals surface area contributed by atoms with Crippen molar-refractivity contribution < 1.29 is 29.3 Å². The quantitative estimate of drug-likeness (QED) is 0.718. The second-order valence-electron chi connectivity index (χ2n) is 6.24. The van der Waals surface area contributed by atoms with E-state index < -0.39 is 46.2 Å². The van der Waals surface area contributed by atoms with Gasteiger partial charge in [0.15, 0.2) is 10.8 Å². The lowest BCUT2D eigenvalue weighted by Crippen LogP contribution is -2.67. The van der Waals surface area contributed by atoms with Crippen LogP contribution in [0.25, 0.3) is 0 Å². The second-order valence-corrected chi connectivity index (χ2v) is 6.24. The summed E-state index contributed by atoms with van der Waals surface area (Å²) in [6, 6.07) is 0. The molecule has 4 aliphatic heterocycles. The lowest BCUT2D eigenvalue weighted by atomic mass is 9.46. The van der Waals surface area contributed by atoms with Gasteiger partial charge >= 0.3 is 11.9 Å². The molecule has 0 radical (unpaired) electrons. The van der Waals surface area contributed by atoms with E-state index in [-0.39, 0.29) is 0 Å². The fourth-order valence-corrected chi connectivity index (χ4v) is 4.94. The highest BCUT2D eigenvalue weighted by Crippen LogP contribution is 2.75. The van der Waals surface area contributed by atoms with Crippen LogP contribution in [-0.2, 0) is 19.1 Å². The summed E-state index contributed by atoms with van der Waals surface area (Å²) in [7, 11) is 0. The molecule has 20 heavy (non-hydrogen) atoms. The number of carbonyl (C=O) groups is 2. The van der Waals surface area contributed by atoms with Gasteiger partial charge in [-0.3, -0.25) is 9.59 Å². The Morgan fingerprint density at radius 3 is 1.55 bits per heavy atom. The van der Waals surface area contributed by atoms with Gasteiger partial charge in [-0.2, -0.15) is 0 Å². The average molecular weight is 278 g/mol. The van der Waals surface area contributed by atoms with Gasteiger partial charge < -0.3 is 19.7 Å². The molecule has 0 aromatic heterocycles. The maximum atomic E-state index is 12.2. The van der Waals surface area contributed by atoms with Crippen LogP contribution < -0.4 is 0 Å². The van der Waals surface area contributed by atoms with Crippen LogP contribution in [0, 0.1) is 10.8 Å². The number of aliphatic carboxylic acids is 2. The summed E-state index contributed by atoms with van der Waals surface area (Å²) in [4.78, 5) is 24.3. The van der Waals surface area contributed by atoms with Crippen molar-refractivity contribution in [3.8, 4) is 0 Å². The zero-order valence-electron chi connectivity index (χ0n) is 11.0. The Morgan fingerprint density at radius 2 is 1.25 bits per heavy atom. The van der Waals surface area contributed by atoms with Crippen molar-refractivity contribution in [3.05, 3.63) is 24.3 Å². The van der Waals surface area contributed by atoms with Crippen molar-refractivity contribution in [2.24, 2.45) is 10.8 Å². The molecule has 4 bridgehead atoms. The van der Waals surface area contributed by atoms with E-state index >= 15 is 0 Å². The highest BCUT2D eigenvalue weighted by molar-refractivity contribution is 5.95. The predicted octanol–water partition coefficient (Wildman–Crippen LogP) is 0.583. The predicted molar refractivity (Wildman–Crippen MR) is 65.0 cm³/mol. The summed E-state index contributed by atoms with van der Waals surface area (Å²) in [5.74, 6) is -2.38. The standard InChI is InChI=1S/C14H14O6/c1-11-5-3-8(19-11)14(10(17)18)12(2)6-4-7(20-12)13(11,14)9(15)16/h3-8H,1-2H3,(H,15,16)(H,17,18)/t7-,8-,11+,12+,13-,14-/m1/s1. The lowest BCUT2D eigenvalue weighted by molar-refractivity contribution is -0.175. The molecule has 0 saturated carbocycles. The molecule has 0 aromatic carbocycles. The Bertz CT molecular complexity index is 569. The molecule has 4 rings (SSSR count). The summed E-state index contributed by atoms with van der Waals surface area (Å²) in [6.07, 6.45) is 5.02. The van der Waals surface area contributed by atoms with Crippen LogP contribution in [0.2, 0.25) is 0 Å². The Kier molecular flexibility index (Phi) is 1.72. The molecule has 4 heterocycles. The summed E-state index contributed by atoms with van der Waals surface area (Å²) in [5.41, 5.74) is -5.66. The molecule has 6 atom stereocenters. The first-order chi connectivity index (χ1) is 9.26. The first-order valence-corrected chi connectivity index (χ1v) is 6.47. The molecular formula is C14H14O6. The van der Waals surface area contributed by atoms with Crippen molar-refractivity contribution in [2.45, 2.75) is 37.3 Å². The van der Waals surface area contributed by atoms with Crippen molar-refractivity contribution in [3.63, 3.8) is 0 Å². The smallest absolute Gasteiger partial charge is 0.317 e.